The first-order chi connectivity index (χ1) is 17.1. The Labute approximate surface area is 203 Å². The molecule has 5 rings (SSSR count). The van der Waals surface area contributed by atoms with Crippen molar-refractivity contribution in [2.45, 2.75) is 31.7 Å². The van der Waals surface area contributed by atoms with E-state index in [9.17, 15) is 9.59 Å². The van der Waals surface area contributed by atoms with Crippen LogP contribution in [0.25, 0.3) is 11.0 Å². The Kier molecular flexibility index (Phi) is 6.31. The minimum atomic E-state index is -0.0145. The number of likely N-dealkylation sites (tertiary alicyclic amines) is 1. The molecule has 9 nitrogen and oxygen atoms in total. The number of anilines is 2. The van der Waals surface area contributed by atoms with Crippen LogP contribution in [0.2, 0.25) is 0 Å². The van der Waals surface area contributed by atoms with Crippen molar-refractivity contribution in [2.75, 3.05) is 25.5 Å². The lowest BCUT2D eigenvalue weighted by molar-refractivity contribution is -0.126. The molecule has 2 fully saturated rings. The molecule has 180 valence electrons. The second kappa shape index (κ2) is 9.69. The number of carbonyl (C=O) groups is 2. The monoisotopic (exact) mass is 471 g/mol. The average molecular weight is 472 g/mol. The molecule has 1 aromatic heterocycles. The largest absolute Gasteiger partial charge is 0.353 e. The lowest BCUT2D eigenvalue weighted by atomic mass is 9.95. The summed E-state index contributed by atoms with van der Waals surface area (Å²) in [5.41, 5.74) is 3.51. The van der Waals surface area contributed by atoms with E-state index in [1.54, 1.807) is 23.9 Å². The number of carbonyl (C=O) groups excluding carboxylic acids is 2. The lowest BCUT2D eigenvalue weighted by Gasteiger charge is -2.31. The van der Waals surface area contributed by atoms with Crippen LogP contribution in [-0.4, -0.2) is 59.3 Å². The quantitative estimate of drug-likeness (QED) is 0.540. The fraction of sp³-hybridized carbons (Fsp3) is 0.346. The molecule has 2 aromatic carbocycles. The van der Waals surface area contributed by atoms with Gasteiger partial charge in [-0.05, 0) is 62.1 Å². The van der Waals surface area contributed by atoms with Crippen LogP contribution >= 0.6 is 0 Å². The van der Waals surface area contributed by atoms with Crippen molar-refractivity contribution >= 4 is 41.1 Å². The zero-order chi connectivity index (χ0) is 24.4. The second-order valence-corrected chi connectivity index (χ2v) is 9.00. The molecule has 0 spiro atoms. The number of aromatic nitrogens is 2. The highest BCUT2D eigenvalue weighted by atomic mass is 16.2. The topological polar surface area (TPSA) is 104 Å². The first-order valence-corrected chi connectivity index (χ1v) is 12.0. The maximum Gasteiger partial charge on any atom is 0.253 e. The minimum Gasteiger partial charge on any atom is -0.353 e. The van der Waals surface area contributed by atoms with Crippen molar-refractivity contribution in [3.05, 3.63) is 59.6 Å². The van der Waals surface area contributed by atoms with Gasteiger partial charge in [0.05, 0.1) is 11.0 Å². The number of piperidine rings is 1. The predicted octanol–water partition coefficient (Wildman–Crippen LogP) is 2.90. The molecule has 1 saturated carbocycles. The Morgan fingerprint density at radius 1 is 1.03 bits per heavy atom. The van der Waals surface area contributed by atoms with Gasteiger partial charge < -0.3 is 15.5 Å². The number of nitrogens with one attached hydrogen (secondary N) is 2. The van der Waals surface area contributed by atoms with Crippen LogP contribution in [0.1, 0.15) is 36.0 Å². The van der Waals surface area contributed by atoms with Crippen molar-refractivity contribution in [3.63, 3.8) is 0 Å². The lowest BCUT2D eigenvalue weighted by Crippen LogP contribution is -2.43. The van der Waals surface area contributed by atoms with Crippen molar-refractivity contribution in [2.24, 2.45) is 16.0 Å². The second-order valence-electron chi connectivity index (χ2n) is 9.00. The van der Waals surface area contributed by atoms with Gasteiger partial charge in [0.25, 0.3) is 5.91 Å². The third-order valence-electron chi connectivity index (χ3n) is 6.58. The molecule has 0 atom stereocenters. The summed E-state index contributed by atoms with van der Waals surface area (Å²) in [6.45, 7) is 4.87. The van der Waals surface area contributed by atoms with Crippen molar-refractivity contribution in [1.29, 1.82) is 0 Å². The zero-order valence-electron chi connectivity index (χ0n) is 19.8. The molecule has 0 unspecified atom stereocenters. The molecular weight excluding hydrogens is 442 g/mol. The maximum absolute atomic E-state index is 13.0. The molecule has 2 N–H and O–H groups in total. The van der Waals surface area contributed by atoms with Crippen LogP contribution in [0, 0.1) is 5.92 Å². The minimum absolute atomic E-state index is 0.00618. The van der Waals surface area contributed by atoms with Crippen molar-refractivity contribution in [1.82, 2.24) is 19.9 Å². The number of fused-ring (bicyclic) bond motifs is 1. The molecule has 0 radical (unpaired) electrons. The van der Waals surface area contributed by atoms with Crippen molar-refractivity contribution < 1.29 is 9.59 Å². The molecular formula is C26H29N7O2. The highest BCUT2D eigenvalue weighted by molar-refractivity contribution is 5.95. The zero-order valence-corrected chi connectivity index (χ0v) is 19.8. The highest BCUT2D eigenvalue weighted by Gasteiger charge is 2.31. The molecule has 2 heterocycles. The molecule has 0 bridgehead atoms. The van der Waals surface area contributed by atoms with E-state index < -0.39 is 0 Å². The number of benzene rings is 2. The maximum atomic E-state index is 13.0. The van der Waals surface area contributed by atoms with Gasteiger partial charge in [0, 0.05) is 50.1 Å². The summed E-state index contributed by atoms with van der Waals surface area (Å²) < 4.78 is 1.65. The predicted molar refractivity (Wildman–Crippen MR) is 136 cm³/mol. The van der Waals surface area contributed by atoms with Crippen LogP contribution in [0.3, 0.4) is 0 Å². The van der Waals surface area contributed by atoms with Gasteiger partial charge in [0.1, 0.15) is 0 Å². The summed E-state index contributed by atoms with van der Waals surface area (Å²) in [5.74, 6) is 0.679. The average Bonchev–Trinajstić information content (AvgIpc) is 3.72. The Morgan fingerprint density at radius 2 is 1.74 bits per heavy atom. The molecule has 2 aliphatic rings. The fourth-order valence-electron chi connectivity index (χ4n) is 4.46. The van der Waals surface area contributed by atoms with Gasteiger partial charge in [-0.15, -0.1) is 0 Å². The molecule has 9 heteroatoms. The smallest absolute Gasteiger partial charge is 0.253 e. The SMILES string of the molecule is C=Nn1c(=NC)c(Nc2ccc(C(=O)N3CCC(C(=O)NC4CC4)CC3)cc2)nc2ccccc21. The molecule has 1 aliphatic carbocycles. The van der Waals surface area contributed by atoms with Gasteiger partial charge in [-0.2, -0.15) is 5.10 Å². The Morgan fingerprint density at radius 3 is 2.40 bits per heavy atom. The Hall–Kier alpha value is -4.01. The molecule has 1 saturated heterocycles. The first-order valence-electron chi connectivity index (χ1n) is 12.0. The van der Waals surface area contributed by atoms with E-state index in [-0.39, 0.29) is 17.7 Å². The van der Waals surface area contributed by atoms with E-state index in [2.05, 4.69) is 27.4 Å². The standard InChI is InChI=1S/C26H29N7O2/c1-27-24-23(31-21-5-3-4-6-22(21)33(24)28-2)29-19-9-7-18(8-10-19)26(35)32-15-13-17(14-16-32)25(34)30-20-11-12-20/h3-10,17,20H,2,11-16H2,1H3,(H,29,31)(H,30,34). The normalized spacial score (nSPS) is 16.8. The summed E-state index contributed by atoms with van der Waals surface area (Å²) in [7, 11) is 1.68. The fourth-order valence-corrected chi connectivity index (χ4v) is 4.46. The van der Waals surface area contributed by atoms with Gasteiger partial charge in [-0.25, -0.2) is 9.66 Å². The third-order valence-corrected chi connectivity index (χ3v) is 6.58. The number of nitrogens with zero attached hydrogens (tertiary/aromatic N) is 5. The Bertz CT molecular complexity index is 1330. The molecule has 2 amide bonds. The number of para-hydroxylation sites is 2. The molecule has 3 aromatic rings. The number of amides is 2. The summed E-state index contributed by atoms with van der Waals surface area (Å²) in [4.78, 5) is 36.2. The van der Waals surface area contributed by atoms with Crippen LogP contribution in [0.15, 0.2) is 58.6 Å². The van der Waals surface area contributed by atoms with Crippen LogP contribution in [0.5, 0.6) is 0 Å². The van der Waals surface area contributed by atoms with Crippen LogP contribution in [0.4, 0.5) is 11.5 Å². The summed E-state index contributed by atoms with van der Waals surface area (Å²) in [6, 6.07) is 15.3. The summed E-state index contributed by atoms with van der Waals surface area (Å²) in [6.07, 6.45) is 3.59. The molecule has 35 heavy (non-hydrogen) atoms. The van der Waals surface area contributed by atoms with E-state index >= 15 is 0 Å². The third kappa shape index (κ3) is 4.80. The van der Waals surface area contributed by atoms with Gasteiger partial charge in [-0.3, -0.25) is 14.6 Å². The van der Waals surface area contributed by atoms with Gasteiger partial charge >= 0.3 is 0 Å². The van der Waals surface area contributed by atoms with E-state index in [0.717, 1.165) is 29.6 Å². The van der Waals surface area contributed by atoms with Crippen LogP contribution in [-0.2, 0) is 4.79 Å². The van der Waals surface area contributed by atoms with Gasteiger partial charge in [0.2, 0.25) is 5.91 Å². The Balaban J connectivity index is 1.27. The number of rotatable bonds is 6. The van der Waals surface area contributed by atoms with E-state index in [4.69, 9.17) is 4.98 Å². The van der Waals surface area contributed by atoms with Gasteiger partial charge in [-0.1, -0.05) is 12.1 Å². The number of hydrogen-bond acceptors (Lipinski definition) is 6. The van der Waals surface area contributed by atoms with E-state index in [0.29, 0.717) is 48.8 Å². The van der Waals surface area contributed by atoms with Gasteiger partial charge in [0.15, 0.2) is 11.3 Å². The van der Waals surface area contributed by atoms with E-state index in [1.165, 1.54) is 0 Å². The first kappa shape index (κ1) is 22.8. The summed E-state index contributed by atoms with van der Waals surface area (Å²) in [5, 5.41) is 10.5. The number of hydrogen-bond donors (Lipinski definition) is 2. The highest BCUT2D eigenvalue weighted by Crippen LogP contribution is 2.24. The van der Waals surface area contributed by atoms with Crippen molar-refractivity contribution in [3.8, 4) is 0 Å². The van der Waals surface area contributed by atoms with E-state index in [1.807, 2.05) is 41.3 Å². The summed E-state index contributed by atoms with van der Waals surface area (Å²) >= 11 is 0. The molecule has 1 aliphatic heterocycles. The van der Waals surface area contributed by atoms with Crippen LogP contribution < -0.4 is 16.1 Å².